The number of hydrogen-bond acceptors (Lipinski definition) is 6. The molecule has 7 heteroatoms. The van der Waals surface area contributed by atoms with Gasteiger partial charge in [0.2, 0.25) is 11.6 Å². The summed E-state index contributed by atoms with van der Waals surface area (Å²) in [6.07, 6.45) is 1.53. The fraction of sp³-hybridized carbons (Fsp3) is 0.154. The number of nitro groups is 1. The maximum atomic E-state index is 11.0. The Kier molecular flexibility index (Phi) is 4.11. The highest BCUT2D eigenvalue weighted by molar-refractivity contribution is 5.52. The summed E-state index contributed by atoms with van der Waals surface area (Å²) < 4.78 is 10.6. The van der Waals surface area contributed by atoms with Gasteiger partial charge in [-0.2, -0.15) is 0 Å². The SMILES string of the molecule is COc1ccc([N+](=O)[O-])c(Oc2ncccc2CN)c1. The van der Waals surface area contributed by atoms with Gasteiger partial charge < -0.3 is 15.2 Å². The summed E-state index contributed by atoms with van der Waals surface area (Å²) in [5, 5.41) is 11.0. The van der Waals surface area contributed by atoms with Gasteiger partial charge in [-0.3, -0.25) is 10.1 Å². The topological polar surface area (TPSA) is 101 Å². The van der Waals surface area contributed by atoms with E-state index in [1.165, 1.54) is 31.5 Å². The lowest BCUT2D eigenvalue weighted by molar-refractivity contribution is -0.385. The zero-order valence-electron chi connectivity index (χ0n) is 10.8. The number of hydrogen-bond donors (Lipinski definition) is 1. The summed E-state index contributed by atoms with van der Waals surface area (Å²) >= 11 is 0. The average molecular weight is 275 g/mol. The standard InChI is InChI=1S/C13H13N3O4/c1-19-10-4-5-11(16(17)18)12(7-10)20-13-9(8-14)3-2-6-15-13/h2-7H,8,14H2,1H3. The van der Waals surface area contributed by atoms with Crippen molar-refractivity contribution in [3.63, 3.8) is 0 Å². The first kappa shape index (κ1) is 13.8. The molecule has 7 nitrogen and oxygen atoms in total. The van der Waals surface area contributed by atoms with Crippen molar-refractivity contribution in [3.05, 3.63) is 52.2 Å². The zero-order valence-corrected chi connectivity index (χ0v) is 10.8. The number of nitrogens with two attached hydrogens (primary N) is 1. The van der Waals surface area contributed by atoms with Gasteiger partial charge in [0.15, 0.2) is 0 Å². The number of pyridine rings is 1. The third-order valence-electron chi connectivity index (χ3n) is 2.64. The highest BCUT2D eigenvalue weighted by Crippen LogP contribution is 2.34. The van der Waals surface area contributed by atoms with Crippen LogP contribution in [0.3, 0.4) is 0 Å². The Bertz CT molecular complexity index is 631. The van der Waals surface area contributed by atoms with Gasteiger partial charge in [-0.25, -0.2) is 4.98 Å². The predicted octanol–water partition coefficient (Wildman–Crippen LogP) is 2.25. The van der Waals surface area contributed by atoms with Crippen molar-refractivity contribution >= 4 is 5.69 Å². The minimum absolute atomic E-state index is 0.0581. The molecule has 104 valence electrons. The molecule has 0 unspecified atom stereocenters. The normalized spacial score (nSPS) is 10.1. The molecule has 0 atom stereocenters. The van der Waals surface area contributed by atoms with E-state index >= 15 is 0 Å². The van der Waals surface area contributed by atoms with Gasteiger partial charge in [-0.15, -0.1) is 0 Å². The highest BCUT2D eigenvalue weighted by Gasteiger charge is 2.18. The van der Waals surface area contributed by atoms with Gasteiger partial charge in [0.05, 0.1) is 12.0 Å². The van der Waals surface area contributed by atoms with E-state index in [1.54, 1.807) is 12.1 Å². The lowest BCUT2D eigenvalue weighted by atomic mass is 10.2. The first-order chi connectivity index (χ1) is 9.65. The molecular weight excluding hydrogens is 262 g/mol. The maximum Gasteiger partial charge on any atom is 0.311 e. The quantitative estimate of drug-likeness (QED) is 0.663. The molecule has 0 saturated heterocycles. The van der Waals surface area contributed by atoms with Crippen LogP contribution in [0.15, 0.2) is 36.5 Å². The number of rotatable bonds is 5. The first-order valence-electron chi connectivity index (χ1n) is 5.80. The molecule has 1 heterocycles. The van der Waals surface area contributed by atoms with E-state index in [0.717, 1.165) is 0 Å². The molecular formula is C13H13N3O4. The van der Waals surface area contributed by atoms with Crippen LogP contribution in [-0.2, 0) is 6.54 Å². The second-order valence-electron chi connectivity index (χ2n) is 3.86. The van der Waals surface area contributed by atoms with Crippen LogP contribution in [-0.4, -0.2) is 17.0 Å². The Morgan fingerprint density at radius 2 is 2.20 bits per heavy atom. The molecule has 2 rings (SSSR count). The zero-order chi connectivity index (χ0) is 14.5. The number of nitro benzene ring substituents is 1. The van der Waals surface area contributed by atoms with Gasteiger partial charge >= 0.3 is 5.69 Å². The highest BCUT2D eigenvalue weighted by atomic mass is 16.6. The first-order valence-corrected chi connectivity index (χ1v) is 5.80. The van der Waals surface area contributed by atoms with Crippen LogP contribution in [0.2, 0.25) is 0 Å². The number of methoxy groups -OCH3 is 1. The van der Waals surface area contributed by atoms with Gasteiger partial charge in [-0.05, 0) is 12.1 Å². The van der Waals surface area contributed by atoms with Crippen molar-refractivity contribution < 1.29 is 14.4 Å². The largest absolute Gasteiger partial charge is 0.497 e. The van der Waals surface area contributed by atoms with E-state index in [2.05, 4.69) is 4.98 Å². The Labute approximate surface area is 115 Å². The van der Waals surface area contributed by atoms with Crippen LogP contribution in [0.5, 0.6) is 17.4 Å². The summed E-state index contributed by atoms with van der Waals surface area (Å²) in [5.74, 6) is 0.755. The van der Waals surface area contributed by atoms with Crippen molar-refractivity contribution in [2.24, 2.45) is 5.73 Å². The third kappa shape index (κ3) is 2.83. The fourth-order valence-corrected chi connectivity index (χ4v) is 1.63. The van der Waals surface area contributed by atoms with E-state index in [1.807, 2.05) is 0 Å². The smallest absolute Gasteiger partial charge is 0.311 e. The molecule has 0 amide bonds. The molecule has 0 bridgehead atoms. The predicted molar refractivity (Wildman–Crippen MR) is 71.9 cm³/mol. The molecule has 0 aliphatic heterocycles. The molecule has 0 fully saturated rings. The molecule has 0 saturated carbocycles. The van der Waals surface area contributed by atoms with E-state index in [9.17, 15) is 10.1 Å². The van der Waals surface area contributed by atoms with Crippen LogP contribution in [0.25, 0.3) is 0 Å². The van der Waals surface area contributed by atoms with Gasteiger partial charge in [0.25, 0.3) is 0 Å². The monoisotopic (exact) mass is 275 g/mol. The van der Waals surface area contributed by atoms with Gasteiger partial charge in [-0.1, -0.05) is 6.07 Å². The van der Waals surface area contributed by atoms with Crippen LogP contribution in [0.1, 0.15) is 5.56 Å². The molecule has 20 heavy (non-hydrogen) atoms. The maximum absolute atomic E-state index is 11.0. The second-order valence-corrected chi connectivity index (χ2v) is 3.86. The van der Waals surface area contributed by atoms with Crippen molar-refractivity contribution in [1.82, 2.24) is 4.98 Å². The van der Waals surface area contributed by atoms with Crippen LogP contribution >= 0.6 is 0 Å². The Morgan fingerprint density at radius 1 is 1.40 bits per heavy atom. The summed E-state index contributed by atoms with van der Waals surface area (Å²) in [5.41, 5.74) is 6.07. The summed E-state index contributed by atoms with van der Waals surface area (Å²) in [6.45, 7) is 0.223. The Morgan fingerprint density at radius 3 is 2.85 bits per heavy atom. The third-order valence-corrected chi connectivity index (χ3v) is 2.64. The Balaban J connectivity index is 2.43. The van der Waals surface area contributed by atoms with Crippen LogP contribution in [0, 0.1) is 10.1 Å². The number of nitrogens with zero attached hydrogens (tertiary/aromatic N) is 2. The molecule has 0 radical (unpaired) electrons. The lowest BCUT2D eigenvalue weighted by Gasteiger charge is -2.09. The number of ether oxygens (including phenoxy) is 2. The van der Waals surface area contributed by atoms with Crippen LogP contribution < -0.4 is 15.2 Å². The molecule has 0 aliphatic rings. The van der Waals surface area contributed by atoms with Crippen molar-refractivity contribution in [1.29, 1.82) is 0 Å². The second kappa shape index (κ2) is 5.98. The fourth-order valence-electron chi connectivity index (χ4n) is 1.63. The molecule has 0 spiro atoms. The number of benzene rings is 1. The van der Waals surface area contributed by atoms with E-state index in [-0.39, 0.29) is 23.9 Å². The summed E-state index contributed by atoms with van der Waals surface area (Å²) in [7, 11) is 1.47. The van der Waals surface area contributed by atoms with Crippen LogP contribution in [0.4, 0.5) is 5.69 Å². The van der Waals surface area contributed by atoms with Crippen molar-refractivity contribution in [2.75, 3.05) is 7.11 Å². The molecule has 1 aromatic heterocycles. The summed E-state index contributed by atoms with van der Waals surface area (Å²) in [4.78, 5) is 14.5. The molecule has 2 aromatic rings. The lowest BCUT2D eigenvalue weighted by Crippen LogP contribution is -2.02. The molecule has 1 aromatic carbocycles. The average Bonchev–Trinajstić information content (AvgIpc) is 2.47. The van der Waals surface area contributed by atoms with Crippen molar-refractivity contribution in [3.8, 4) is 17.4 Å². The van der Waals surface area contributed by atoms with Gasteiger partial charge in [0.1, 0.15) is 5.75 Å². The van der Waals surface area contributed by atoms with Gasteiger partial charge in [0, 0.05) is 30.4 Å². The molecule has 2 N–H and O–H groups in total. The minimum Gasteiger partial charge on any atom is -0.497 e. The Hall–Kier alpha value is -2.67. The number of aromatic nitrogens is 1. The van der Waals surface area contributed by atoms with Crippen molar-refractivity contribution in [2.45, 2.75) is 6.54 Å². The minimum atomic E-state index is -0.528. The van der Waals surface area contributed by atoms with E-state index < -0.39 is 4.92 Å². The molecule has 0 aliphatic carbocycles. The van der Waals surface area contributed by atoms with E-state index in [4.69, 9.17) is 15.2 Å². The summed E-state index contributed by atoms with van der Waals surface area (Å²) in [6, 6.07) is 7.71. The van der Waals surface area contributed by atoms with E-state index in [0.29, 0.717) is 11.3 Å².